The Morgan fingerprint density at radius 2 is 0.940 bits per heavy atom. The van der Waals surface area contributed by atoms with E-state index in [1.54, 1.807) is 67.6 Å². The van der Waals surface area contributed by atoms with Gasteiger partial charge >= 0.3 is 23.9 Å². The van der Waals surface area contributed by atoms with Gasteiger partial charge in [-0.3, -0.25) is 4.57 Å². The molecule has 15 heteroatoms. The minimum Gasteiger partial charge on any atom is -0.494 e. The molecule has 1 heterocycles. The van der Waals surface area contributed by atoms with Gasteiger partial charge in [-0.05, 0) is 145 Å². The first-order chi connectivity index (χ1) is 32.1. The molecular formula is C52H37F4NO10. The molecule has 1 unspecified atom stereocenters. The van der Waals surface area contributed by atoms with Crippen molar-refractivity contribution in [2.75, 3.05) is 0 Å². The highest BCUT2D eigenvalue weighted by Gasteiger charge is 2.23. The van der Waals surface area contributed by atoms with Crippen LogP contribution >= 0.6 is 0 Å². The summed E-state index contributed by atoms with van der Waals surface area (Å²) in [6.45, 7) is 3.63. The van der Waals surface area contributed by atoms with Crippen molar-refractivity contribution in [1.29, 1.82) is 0 Å². The maximum absolute atomic E-state index is 13.5. The van der Waals surface area contributed by atoms with Crippen molar-refractivity contribution >= 4 is 36.0 Å². The first kappa shape index (κ1) is 46.3. The molecular weight excluding hydrogens is 875 g/mol. The predicted octanol–water partition coefficient (Wildman–Crippen LogP) is 10.8. The second-order valence-corrected chi connectivity index (χ2v) is 14.9. The molecule has 7 rings (SSSR count). The lowest BCUT2D eigenvalue weighted by atomic mass is 9.93. The van der Waals surface area contributed by atoms with Gasteiger partial charge in [0.1, 0.15) is 23.0 Å². The van der Waals surface area contributed by atoms with Gasteiger partial charge in [-0.25, -0.2) is 36.7 Å². The van der Waals surface area contributed by atoms with Crippen molar-refractivity contribution in [3.05, 3.63) is 208 Å². The summed E-state index contributed by atoms with van der Waals surface area (Å²) >= 11 is 0. The molecule has 0 aliphatic heterocycles. The number of carbonyl (C=O) groups excluding carboxylic acids is 4. The molecule has 6 aromatic carbocycles. The van der Waals surface area contributed by atoms with E-state index in [4.69, 9.17) is 18.9 Å². The van der Waals surface area contributed by atoms with E-state index in [9.17, 15) is 47.0 Å². The Morgan fingerprint density at radius 3 is 1.37 bits per heavy atom. The van der Waals surface area contributed by atoms with Gasteiger partial charge in [0.25, 0.3) is 0 Å². The van der Waals surface area contributed by atoms with E-state index in [-0.39, 0.29) is 51.8 Å². The van der Waals surface area contributed by atoms with Gasteiger partial charge in [0.2, 0.25) is 11.8 Å². The van der Waals surface area contributed by atoms with Crippen molar-refractivity contribution < 1.29 is 65.9 Å². The van der Waals surface area contributed by atoms with Crippen molar-refractivity contribution in [1.82, 2.24) is 4.57 Å². The number of benzene rings is 6. The molecule has 0 spiro atoms. The van der Waals surface area contributed by atoms with Crippen molar-refractivity contribution in [2.45, 2.75) is 26.2 Å². The Bertz CT molecular complexity index is 3030. The zero-order chi connectivity index (χ0) is 47.8. The first-order valence-electron chi connectivity index (χ1n) is 20.3. The van der Waals surface area contributed by atoms with E-state index in [1.165, 1.54) is 65.3 Å². The summed E-state index contributed by atoms with van der Waals surface area (Å²) in [5, 5.41) is 22.4. The molecule has 67 heavy (non-hydrogen) atoms. The average molecular weight is 912 g/mol. The Morgan fingerprint density at radius 1 is 0.537 bits per heavy atom. The molecule has 0 radical (unpaired) electrons. The Labute approximate surface area is 380 Å². The number of rotatable bonds is 14. The molecule has 0 fully saturated rings. The third-order valence-electron chi connectivity index (χ3n) is 10.3. The lowest BCUT2D eigenvalue weighted by Gasteiger charge is -2.13. The van der Waals surface area contributed by atoms with Crippen LogP contribution in [0.1, 0.15) is 61.4 Å². The molecule has 0 aliphatic rings. The molecule has 2 N–H and O–H groups in total. The van der Waals surface area contributed by atoms with E-state index < -0.39 is 47.1 Å². The van der Waals surface area contributed by atoms with Crippen LogP contribution in [0.5, 0.6) is 34.8 Å². The number of carbonyl (C=O) groups is 4. The average Bonchev–Trinajstić information content (AvgIpc) is 3.52. The van der Waals surface area contributed by atoms with Crippen molar-refractivity contribution in [3.8, 4) is 40.4 Å². The van der Waals surface area contributed by atoms with E-state index in [1.807, 2.05) is 6.92 Å². The lowest BCUT2D eigenvalue weighted by molar-refractivity contribution is -0.129. The summed E-state index contributed by atoms with van der Waals surface area (Å²) in [4.78, 5) is 49.7. The number of nitrogens with zero attached hydrogens (tertiary/aromatic N) is 1. The van der Waals surface area contributed by atoms with Gasteiger partial charge in [-0.2, -0.15) is 0 Å². The number of halogens is 4. The minimum atomic E-state index is -1.18. The van der Waals surface area contributed by atoms with Gasteiger partial charge in [0, 0.05) is 23.3 Å². The third kappa shape index (κ3) is 11.5. The molecule has 11 nitrogen and oxygen atoms in total. The van der Waals surface area contributed by atoms with Gasteiger partial charge in [-0.15, -0.1) is 0 Å². The number of esters is 4. The van der Waals surface area contributed by atoms with Crippen LogP contribution in [0, 0.1) is 30.2 Å². The Kier molecular flexibility index (Phi) is 14.1. The monoisotopic (exact) mass is 911 g/mol. The summed E-state index contributed by atoms with van der Waals surface area (Å²) in [6.07, 6.45) is 5.73. The lowest BCUT2D eigenvalue weighted by Crippen LogP contribution is -2.09. The van der Waals surface area contributed by atoms with Crippen LogP contribution in [-0.4, -0.2) is 38.7 Å². The number of hydrogen-bond donors (Lipinski definition) is 2. The smallest absolute Gasteiger partial charge is 0.343 e. The summed E-state index contributed by atoms with van der Waals surface area (Å²) in [7, 11) is 0. The van der Waals surface area contributed by atoms with Crippen LogP contribution in [0.3, 0.4) is 0 Å². The van der Waals surface area contributed by atoms with Gasteiger partial charge in [0.15, 0.2) is 23.3 Å². The highest BCUT2D eigenvalue weighted by molar-refractivity contribution is 5.92. The van der Waals surface area contributed by atoms with Crippen LogP contribution in [0.25, 0.3) is 17.8 Å². The number of ether oxygens (including phenoxy) is 4. The fourth-order valence-electron chi connectivity index (χ4n) is 6.65. The maximum atomic E-state index is 13.5. The summed E-state index contributed by atoms with van der Waals surface area (Å²) in [6, 6.07) is 30.5. The topological polar surface area (TPSA) is 151 Å². The van der Waals surface area contributed by atoms with Gasteiger partial charge in [0.05, 0.1) is 16.8 Å². The minimum absolute atomic E-state index is 0.145. The Balaban J connectivity index is 0.890. The fraction of sp³-hybridized carbons (Fsp3) is 0.0769. The van der Waals surface area contributed by atoms with Crippen LogP contribution in [0.15, 0.2) is 146 Å². The molecule has 0 bridgehead atoms. The predicted molar refractivity (Wildman–Crippen MR) is 237 cm³/mol. The second-order valence-electron chi connectivity index (χ2n) is 14.9. The molecule has 1 aromatic heterocycles. The van der Waals surface area contributed by atoms with Crippen molar-refractivity contribution in [2.24, 2.45) is 0 Å². The second kappa shape index (κ2) is 20.4. The van der Waals surface area contributed by atoms with Gasteiger partial charge in [-0.1, -0.05) is 43.3 Å². The summed E-state index contributed by atoms with van der Waals surface area (Å²) in [5.41, 5.74) is 3.09. The summed E-state index contributed by atoms with van der Waals surface area (Å²) in [5.74, 6) is -7.31. The molecule has 0 saturated heterocycles. The fourth-order valence-corrected chi connectivity index (χ4v) is 6.65. The van der Waals surface area contributed by atoms with E-state index in [0.29, 0.717) is 34.4 Å². The molecule has 7 aromatic rings. The quantitative estimate of drug-likeness (QED) is 0.0467. The van der Waals surface area contributed by atoms with Crippen LogP contribution in [0.4, 0.5) is 17.6 Å². The summed E-state index contributed by atoms with van der Waals surface area (Å²) < 4.78 is 75.8. The molecule has 0 aliphatic carbocycles. The Hall–Kier alpha value is -8.72. The van der Waals surface area contributed by atoms with E-state index >= 15 is 0 Å². The first-order valence-corrected chi connectivity index (χ1v) is 20.3. The molecule has 0 amide bonds. The maximum Gasteiger partial charge on any atom is 0.343 e. The third-order valence-corrected chi connectivity index (χ3v) is 10.3. The van der Waals surface area contributed by atoms with Crippen molar-refractivity contribution in [3.63, 3.8) is 0 Å². The molecule has 0 saturated carbocycles. The highest BCUT2D eigenvalue weighted by atomic mass is 19.2. The normalized spacial score (nSPS) is 11.7. The van der Waals surface area contributed by atoms with E-state index in [2.05, 4.69) is 0 Å². The SMILES string of the molecule is Cc1c(CC(C)c2ccc(OC(=O)C=Cc3ccc(OC(=O)c4ccc(F)c(F)c4)cc3)cc2)c(O)n(-c2ccc(OC(=O)C=Cc3ccc(OC(=O)c4ccc(F)c(F)c4)cc3)cc2)c1O. The number of aromatic nitrogens is 1. The van der Waals surface area contributed by atoms with Gasteiger partial charge < -0.3 is 29.2 Å². The van der Waals surface area contributed by atoms with E-state index in [0.717, 1.165) is 42.0 Å². The number of hydrogen-bond acceptors (Lipinski definition) is 10. The van der Waals surface area contributed by atoms with Crippen LogP contribution in [0.2, 0.25) is 0 Å². The zero-order valence-corrected chi connectivity index (χ0v) is 35.4. The highest BCUT2D eigenvalue weighted by Crippen LogP contribution is 2.39. The van der Waals surface area contributed by atoms with Crippen LogP contribution in [-0.2, 0) is 16.0 Å². The largest absolute Gasteiger partial charge is 0.494 e. The zero-order valence-electron chi connectivity index (χ0n) is 35.4. The molecule has 338 valence electrons. The number of aromatic hydroxyl groups is 2. The van der Waals surface area contributed by atoms with Crippen LogP contribution < -0.4 is 18.9 Å². The standard InChI is InChI=1S/C52H37F4NO10/c1-30(34-9-19-38(20-10-34)64-47(58)25-7-32-3-15-40(16-4-32)66-51(62)35-11-23-43(53)45(55)28-35)27-42-31(2)49(60)57(50(42)61)37-13-21-39(22-14-37)65-48(59)26-8-33-5-17-41(18-6-33)67-52(63)36-12-24-44(54)46(56)29-36/h3-26,28-30,60-61H,27H2,1-2H3. The molecule has 1 atom stereocenters.